The summed E-state index contributed by atoms with van der Waals surface area (Å²) in [5, 5.41) is 3.90. The van der Waals surface area contributed by atoms with Gasteiger partial charge in [0.2, 0.25) is 0 Å². The Morgan fingerprint density at radius 2 is 1.92 bits per heavy atom. The van der Waals surface area contributed by atoms with Crippen LogP contribution < -0.4 is 5.32 Å². The van der Waals surface area contributed by atoms with Crippen LogP contribution >= 0.6 is 23.4 Å². The van der Waals surface area contributed by atoms with E-state index in [1.165, 1.54) is 12.1 Å². The molecule has 0 bridgehead atoms. The van der Waals surface area contributed by atoms with Gasteiger partial charge in [0.05, 0.1) is 5.02 Å². The molecule has 2 aromatic carbocycles. The number of rotatable bonds is 4. The second-order valence-electron chi connectivity index (χ2n) is 5.03. The average Bonchev–Trinajstić information content (AvgIpc) is 2.88. The van der Waals surface area contributed by atoms with Crippen molar-refractivity contribution in [2.24, 2.45) is 0 Å². The minimum Gasteiger partial charge on any atom is -0.449 e. The zero-order chi connectivity index (χ0) is 17.3. The molecule has 3 aromatic rings. The summed E-state index contributed by atoms with van der Waals surface area (Å²) in [5.41, 5.74) is 1.64. The lowest BCUT2D eigenvalue weighted by atomic mass is 10.1. The van der Waals surface area contributed by atoms with Crippen molar-refractivity contribution in [3.8, 4) is 0 Å². The number of amides is 1. The first-order valence-electron chi connectivity index (χ1n) is 6.99. The molecule has 24 heavy (non-hydrogen) atoms. The lowest BCUT2D eigenvalue weighted by molar-refractivity contribution is 0.0998. The third-order valence-corrected chi connectivity index (χ3v) is 4.48. The van der Waals surface area contributed by atoms with Crippen molar-refractivity contribution in [1.29, 1.82) is 0 Å². The Bertz CT molecular complexity index is 893. The topological polar surface area (TPSA) is 42.2 Å². The molecule has 0 aliphatic rings. The Morgan fingerprint density at radius 1 is 1.21 bits per heavy atom. The van der Waals surface area contributed by atoms with Crippen LogP contribution in [0.4, 0.5) is 14.5 Å². The predicted molar refractivity (Wildman–Crippen MR) is 92.2 cm³/mol. The number of alkyl halides is 2. The first-order chi connectivity index (χ1) is 11.5. The van der Waals surface area contributed by atoms with Crippen molar-refractivity contribution < 1.29 is 18.0 Å². The van der Waals surface area contributed by atoms with Crippen molar-refractivity contribution in [3.05, 3.63) is 58.8 Å². The highest BCUT2D eigenvalue weighted by Crippen LogP contribution is 2.31. The minimum atomic E-state index is -2.48. The van der Waals surface area contributed by atoms with Crippen molar-refractivity contribution in [2.75, 3.05) is 5.32 Å². The summed E-state index contributed by atoms with van der Waals surface area (Å²) in [5.74, 6) is -2.73. The van der Waals surface area contributed by atoms with Crippen LogP contribution in [0.5, 0.6) is 0 Å². The van der Waals surface area contributed by atoms with E-state index in [0.29, 0.717) is 38.5 Å². The summed E-state index contributed by atoms with van der Waals surface area (Å²) in [4.78, 5) is 12.8. The molecule has 3 nitrogen and oxygen atoms in total. The number of nitrogens with one attached hydrogen (secondary N) is 1. The molecule has 0 spiro atoms. The lowest BCUT2D eigenvalue weighted by Gasteiger charge is -2.05. The smallest absolute Gasteiger partial charge is 0.291 e. The van der Waals surface area contributed by atoms with E-state index in [1.807, 2.05) is 6.07 Å². The van der Waals surface area contributed by atoms with Crippen LogP contribution in [0.15, 0.2) is 51.8 Å². The highest BCUT2D eigenvalue weighted by Gasteiger charge is 2.19. The van der Waals surface area contributed by atoms with Gasteiger partial charge in [0.1, 0.15) is 0 Å². The Morgan fingerprint density at radius 3 is 2.54 bits per heavy atom. The SMILES string of the molecule is Cc1c(C(=O)Nc2ccc(SC(F)F)cc2)oc2c(Cl)cccc12. The summed E-state index contributed by atoms with van der Waals surface area (Å²) >= 11 is 6.53. The summed E-state index contributed by atoms with van der Waals surface area (Å²) in [6.07, 6.45) is 0. The number of hydrogen-bond donors (Lipinski definition) is 1. The molecule has 0 aliphatic heterocycles. The van der Waals surface area contributed by atoms with E-state index in [1.54, 1.807) is 31.2 Å². The molecule has 0 aliphatic carbocycles. The van der Waals surface area contributed by atoms with Gasteiger partial charge in [-0.3, -0.25) is 4.79 Å². The molecule has 0 unspecified atom stereocenters. The number of anilines is 1. The van der Waals surface area contributed by atoms with Gasteiger partial charge in [-0.25, -0.2) is 0 Å². The second-order valence-corrected chi connectivity index (χ2v) is 6.50. The number of carbonyl (C=O) groups excluding carboxylic acids is 1. The fourth-order valence-corrected chi connectivity index (χ4v) is 3.05. The fourth-order valence-electron chi connectivity index (χ4n) is 2.33. The molecular formula is C17H12ClF2NO2S. The number of aryl methyl sites for hydroxylation is 1. The van der Waals surface area contributed by atoms with E-state index in [9.17, 15) is 13.6 Å². The van der Waals surface area contributed by atoms with Crippen LogP contribution in [-0.4, -0.2) is 11.7 Å². The summed E-state index contributed by atoms with van der Waals surface area (Å²) in [6, 6.07) is 11.5. The number of fused-ring (bicyclic) bond motifs is 1. The van der Waals surface area contributed by atoms with Gasteiger partial charge < -0.3 is 9.73 Å². The molecule has 3 rings (SSSR count). The third-order valence-electron chi connectivity index (χ3n) is 3.46. The molecule has 1 N–H and O–H groups in total. The molecule has 1 heterocycles. The maximum absolute atomic E-state index is 12.4. The average molecular weight is 368 g/mol. The Balaban J connectivity index is 1.82. The molecule has 7 heteroatoms. The summed E-state index contributed by atoms with van der Waals surface area (Å²) in [7, 11) is 0. The van der Waals surface area contributed by atoms with Gasteiger partial charge in [-0.05, 0) is 37.3 Å². The second kappa shape index (κ2) is 6.83. The molecule has 0 fully saturated rings. The summed E-state index contributed by atoms with van der Waals surface area (Å²) in [6.45, 7) is 1.78. The minimum absolute atomic E-state index is 0.170. The number of para-hydroxylation sites is 1. The van der Waals surface area contributed by atoms with E-state index in [4.69, 9.17) is 16.0 Å². The maximum atomic E-state index is 12.4. The van der Waals surface area contributed by atoms with Crippen molar-refractivity contribution >= 4 is 45.9 Å². The van der Waals surface area contributed by atoms with Crippen LogP contribution in [0.3, 0.4) is 0 Å². The first-order valence-corrected chi connectivity index (χ1v) is 8.25. The molecular weight excluding hydrogens is 356 g/mol. The third kappa shape index (κ3) is 3.39. The number of hydrogen-bond acceptors (Lipinski definition) is 3. The Labute approximate surface area is 146 Å². The fraction of sp³-hybridized carbons (Fsp3) is 0.118. The van der Waals surface area contributed by atoms with Crippen LogP contribution in [0.2, 0.25) is 5.02 Å². The van der Waals surface area contributed by atoms with E-state index in [0.717, 1.165) is 5.39 Å². The van der Waals surface area contributed by atoms with Crippen LogP contribution in [0.1, 0.15) is 16.1 Å². The molecule has 124 valence electrons. The van der Waals surface area contributed by atoms with Crippen LogP contribution in [0, 0.1) is 6.92 Å². The highest BCUT2D eigenvalue weighted by molar-refractivity contribution is 7.99. The Kier molecular flexibility index (Phi) is 4.78. The lowest BCUT2D eigenvalue weighted by Crippen LogP contribution is -2.11. The largest absolute Gasteiger partial charge is 0.449 e. The highest BCUT2D eigenvalue weighted by atomic mass is 35.5. The zero-order valence-corrected chi connectivity index (χ0v) is 14.0. The molecule has 0 saturated heterocycles. The van der Waals surface area contributed by atoms with Gasteiger partial charge in [-0.1, -0.05) is 35.5 Å². The van der Waals surface area contributed by atoms with E-state index >= 15 is 0 Å². The predicted octanol–water partition coefficient (Wildman–Crippen LogP) is 5.96. The number of thioether (sulfide) groups is 1. The normalized spacial score (nSPS) is 11.2. The monoisotopic (exact) mass is 367 g/mol. The van der Waals surface area contributed by atoms with Crippen molar-refractivity contribution in [1.82, 2.24) is 0 Å². The van der Waals surface area contributed by atoms with Gasteiger partial charge in [0.15, 0.2) is 11.3 Å². The van der Waals surface area contributed by atoms with Gasteiger partial charge in [-0.15, -0.1) is 0 Å². The van der Waals surface area contributed by atoms with E-state index < -0.39 is 11.7 Å². The zero-order valence-electron chi connectivity index (χ0n) is 12.5. The van der Waals surface area contributed by atoms with E-state index in [2.05, 4.69) is 5.32 Å². The molecule has 0 atom stereocenters. The molecule has 1 amide bonds. The quantitative estimate of drug-likeness (QED) is 0.578. The van der Waals surface area contributed by atoms with Crippen LogP contribution in [0.25, 0.3) is 11.0 Å². The number of benzene rings is 2. The van der Waals surface area contributed by atoms with Gasteiger partial charge in [0, 0.05) is 21.5 Å². The van der Waals surface area contributed by atoms with Gasteiger partial charge >= 0.3 is 0 Å². The standard InChI is InChI=1S/C17H12ClF2NO2S/c1-9-12-3-2-4-13(18)15(12)23-14(9)16(22)21-10-5-7-11(8-6-10)24-17(19)20/h2-8,17H,1H3,(H,21,22). The molecule has 0 saturated carbocycles. The molecule has 0 radical (unpaired) electrons. The number of halogens is 3. The maximum Gasteiger partial charge on any atom is 0.291 e. The first kappa shape index (κ1) is 16.8. The van der Waals surface area contributed by atoms with Crippen molar-refractivity contribution in [2.45, 2.75) is 17.6 Å². The summed E-state index contributed by atoms with van der Waals surface area (Å²) < 4.78 is 30.2. The molecule has 1 aromatic heterocycles. The van der Waals surface area contributed by atoms with Gasteiger partial charge in [-0.2, -0.15) is 8.78 Å². The number of furan rings is 1. The van der Waals surface area contributed by atoms with Gasteiger partial charge in [0.25, 0.3) is 11.7 Å². The van der Waals surface area contributed by atoms with Crippen LogP contribution in [-0.2, 0) is 0 Å². The van der Waals surface area contributed by atoms with E-state index in [-0.39, 0.29) is 5.76 Å². The number of carbonyl (C=O) groups is 1. The van der Waals surface area contributed by atoms with Crippen molar-refractivity contribution in [3.63, 3.8) is 0 Å². The Hall–Kier alpha value is -2.05.